The van der Waals surface area contributed by atoms with Crippen molar-refractivity contribution in [3.8, 4) is 5.75 Å². The number of hydrogen-bond donors (Lipinski definition) is 1. The van der Waals surface area contributed by atoms with E-state index in [1.165, 1.54) is 7.11 Å². The molecule has 0 unspecified atom stereocenters. The Hall–Kier alpha value is -1.61. The van der Waals surface area contributed by atoms with Crippen molar-refractivity contribution in [2.45, 2.75) is 6.92 Å². The van der Waals surface area contributed by atoms with E-state index in [1.54, 1.807) is 32.4 Å². The third-order valence-corrected chi connectivity index (χ3v) is 4.21. The van der Waals surface area contributed by atoms with Crippen LogP contribution in [0.15, 0.2) is 16.9 Å². The number of ether oxygens (including phenoxy) is 1. The van der Waals surface area contributed by atoms with Gasteiger partial charge in [0.25, 0.3) is 5.56 Å². The third-order valence-electron chi connectivity index (χ3n) is 2.70. The molecule has 1 heterocycles. The summed E-state index contributed by atoms with van der Waals surface area (Å²) in [5, 5.41) is 1.05. The van der Waals surface area contributed by atoms with Crippen LogP contribution >= 0.6 is 7.14 Å². The average molecular weight is 266 g/mol. The predicted octanol–water partition coefficient (Wildman–Crippen LogP) is 1.49. The molecule has 2 rings (SSSR count). The topological polar surface area (TPSA) is 72.1 Å². The molecular formula is C12H15N2O3P. The number of methoxy groups -OCH3 is 1. The maximum atomic E-state index is 12.2. The Balaban J connectivity index is 2.90. The molecule has 0 aliphatic heterocycles. The minimum Gasteiger partial charge on any atom is -0.496 e. The largest absolute Gasteiger partial charge is 0.496 e. The van der Waals surface area contributed by atoms with Gasteiger partial charge in [0.15, 0.2) is 0 Å². The van der Waals surface area contributed by atoms with Gasteiger partial charge in [-0.25, -0.2) is 4.98 Å². The summed E-state index contributed by atoms with van der Waals surface area (Å²) >= 11 is 0. The number of benzene rings is 1. The number of fused-ring (bicyclic) bond motifs is 1. The lowest BCUT2D eigenvalue weighted by molar-refractivity contribution is 0.418. The number of aromatic nitrogens is 2. The smallest absolute Gasteiger partial charge is 0.258 e. The van der Waals surface area contributed by atoms with Crippen LogP contribution in [0.3, 0.4) is 0 Å². The summed E-state index contributed by atoms with van der Waals surface area (Å²) in [6.45, 7) is 5.04. The van der Waals surface area contributed by atoms with Crippen LogP contribution in [0.5, 0.6) is 5.75 Å². The van der Waals surface area contributed by atoms with Gasteiger partial charge in [-0.2, -0.15) is 0 Å². The molecule has 6 heteroatoms. The van der Waals surface area contributed by atoms with Crippen LogP contribution in [-0.4, -0.2) is 30.4 Å². The molecule has 0 fully saturated rings. The van der Waals surface area contributed by atoms with E-state index >= 15 is 0 Å². The van der Waals surface area contributed by atoms with Crippen molar-refractivity contribution in [3.05, 3.63) is 28.3 Å². The quantitative estimate of drug-likeness (QED) is 0.836. The van der Waals surface area contributed by atoms with E-state index in [0.717, 1.165) is 0 Å². The van der Waals surface area contributed by atoms with Crippen LogP contribution in [-0.2, 0) is 4.57 Å². The Morgan fingerprint density at radius 1 is 1.33 bits per heavy atom. The minimum absolute atomic E-state index is 0.218. The molecule has 2 aromatic rings. The summed E-state index contributed by atoms with van der Waals surface area (Å²) in [4.78, 5) is 18.7. The number of H-pyrrole nitrogens is 1. The van der Waals surface area contributed by atoms with Crippen molar-refractivity contribution < 1.29 is 9.30 Å². The van der Waals surface area contributed by atoms with Crippen LogP contribution in [0.2, 0.25) is 0 Å². The fourth-order valence-electron chi connectivity index (χ4n) is 1.86. The number of hydrogen-bond acceptors (Lipinski definition) is 4. The van der Waals surface area contributed by atoms with Gasteiger partial charge >= 0.3 is 0 Å². The number of aromatic amines is 1. The Kier molecular flexibility index (Phi) is 3.03. The van der Waals surface area contributed by atoms with Gasteiger partial charge in [0.2, 0.25) is 0 Å². The predicted molar refractivity (Wildman–Crippen MR) is 72.7 cm³/mol. The molecule has 0 aliphatic rings. The highest BCUT2D eigenvalue weighted by molar-refractivity contribution is 7.70. The van der Waals surface area contributed by atoms with Crippen LogP contribution in [0.1, 0.15) is 5.82 Å². The third kappa shape index (κ3) is 2.18. The first-order valence-corrected chi connectivity index (χ1v) is 8.07. The molecular weight excluding hydrogens is 251 g/mol. The molecule has 1 N–H and O–H groups in total. The van der Waals surface area contributed by atoms with E-state index in [-0.39, 0.29) is 5.56 Å². The number of nitrogens with zero attached hydrogens (tertiary/aromatic N) is 1. The van der Waals surface area contributed by atoms with Crippen LogP contribution < -0.4 is 15.6 Å². The van der Waals surface area contributed by atoms with E-state index in [2.05, 4.69) is 9.97 Å². The Morgan fingerprint density at radius 2 is 2.00 bits per heavy atom. The van der Waals surface area contributed by atoms with Gasteiger partial charge in [-0.3, -0.25) is 4.79 Å². The molecule has 5 nitrogen and oxygen atoms in total. The summed E-state index contributed by atoms with van der Waals surface area (Å²) < 4.78 is 17.4. The summed E-state index contributed by atoms with van der Waals surface area (Å²) in [5.41, 5.74) is 0.320. The van der Waals surface area contributed by atoms with Gasteiger partial charge in [0.05, 0.1) is 23.3 Å². The molecule has 0 bridgehead atoms. The van der Waals surface area contributed by atoms with E-state index in [1.807, 2.05) is 0 Å². The summed E-state index contributed by atoms with van der Waals surface area (Å²) in [5.74, 6) is 0.998. The molecule has 0 radical (unpaired) electrons. The zero-order valence-corrected chi connectivity index (χ0v) is 11.7. The highest BCUT2D eigenvalue weighted by Crippen LogP contribution is 2.39. The molecule has 0 spiro atoms. The summed E-state index contributed by atoms with van der Waals surface area (Å²) in [7, 11) is -0.988. The molecule has 0 atom stereocenters. The van der Waals surface area contributed by atoms with Crippen molar-refractivity contribution >= 4 is 23.3 Å². The average Bonchev–Trinajstić information content (AvgIpc) is 2.26. The first-order chi connectivity index (χ1) is 8.32. The highest BCUT2D eigenvalue weighted by atomic mass is 31.2. The summed E-state index contributed by atoms with van der Waals surface area (Å²) in [6.07, 6.45) is 0. The molecule has 1 aromatic carbocycles. The lowest BCUT2D eigenvalue weighted by atomic mass is 10.2. The molecule has 0 saturated heterocycles. The van der Waals surface area contributed by atoms with Gasteiger partial charge in [0, 0.05) is 0 Å². The van der Waals surface area contributed by atoms with Gasteiger partial charge in [-0.05, 0) is 32.4 Å². The molecule has 0 aliphatic carbocycles. The van der Waals surface area contributed by atoms with E-state index < -0.39 is 7.14 Å². The number of aryl methyl sites for hydroxylation is 1. The maximum absolute atomic E-state index is 12.2. The fourth-order valence-corrected chi connectivity index (χ4v) is 2.98. The second-order valence-electron chi connectivity index (χ2n) is 4.54. The lowest BCUT2D eigenvalue weighted by Crippen LogP contribution is -2.14. The first kappa shape index (κ1) is 12.8. The van der Waals surface area contributed by atoms with Crippen molar-refractivity contribution in [1.82, 2.24) is 9.97 Å². The van der Waals surface area contributed by atoms with Crippen molar-refractivity contribution in [1.29, 1.82) is 0 Å². The van der Waals surface area contributed by atoms with Crippen molar-refractivity contribution in [2.75, 3.05) is 20.4 Å². The van der Waals surface area contributed by atoms with Gasteiger partial charge < -0.3 is 14.3 Å². The van der Waals surface area contributed by atoms with Crippen molar-refractivity contribution in [2.24, 2.45) is 0 Å². The Morgan fingerprint density at radius 3 is 2.56 bits per heavy atom. The van der Waals surface area contributed by atoms with Crippen molar-refractivity contribution in [3.63, 3.8) is 0 Å². The van der Waals surface area contributed by atoms with Crippen LogP contribution in [0.4, 0.5) is 0 Å². The normalized spacial score (nSPS) is 11.8. The zero-order chi connectivity index (χ0) is 13.5. The van der Waals surface area contributed by atoms with Crippen LogP contribution in [0.25, 0.3) is 10.9 Å². The standard InChI is InChI=1S/C12H15N2O3P/c1-7-13-9-6-11(18(3,4)16)10(17-2)5-8(9)12(15)14-7/h5-6H,1-4H3,(H,13,14,15). The van der Waals surface area contributed by atoms with E-state index in [4.69, 9.17) is 4.74 Å². The Bertz CT molecular complexity index is 715. The molecule has 1 aromatic heterocycles. The second-order valence-corrected chi connectivity index (χ2v) is 7.73. The fraction of sp³-hybridized carbons (Fsp3) is 0.333. The molecule has 96 valence electrons. The monoisotopic (exact) mass is 266 g/mol. The molecule has 0 saturated carbocycles. The van der Waals surface area contributed by atoms with Crippen LogP contribution in [0, 0.1) is 6.92 Å². The SMILES string of the molecule is COc1cc2c(=O)[nH]c(C)nc2cc1P(C)(C)=O. The maximum Gasteiger partial charge on any atom is 0.258 e. The van der Waals surface area contributed by atoms with Gasteiger partial charge in [-0.15, -0.1) is 0 Å². The number of nitrogens with one attached hydrogen (secondary N) is 1. The van der Waals surface area contributed by atoms with E-state index in [9.17, 15) is 9.36 Å². The molecule has 18 heavy (non-hydrogen) atoms. The highest BCUT2D eigenvalue weighted by Gasteiger charge is 2.19. The molecule has 0 amide bonds. The van der Waals surface area contributed by atoms with E-state index in [0.29, 0.717) is 27.8 Å². The van der Waals surface area contributed by atoms with Gasteiger partial charge in [0.1, 0.15) is 18.7 Å². The first-order valence-electron chi connectivity index (χ1n) is 5.47. The second kappa shape index (κ2) is 4.25. The zero-order valence-electron chi connectivity index (χ0n) is 10.8. The lowest BCUT2D eigenvalue weighted by Gasteiger charge is -2.13. The minimum atomic E-state index is -2.48. The summed E-state index contributed by atoms with van der Waals surface area (Å²) in [6, 6.07) is 3.27. The van der Waals surface area contributed by atoms with Gasteiger partial charge in [-0.1, -0.05) is 0 Å². The number of rotatable bonds is 2. The Labute approximate surface area is 105 Å².